The largest absolute Gasteiger partial charge is 0.296 e. The first-order valence-corrected chi connectivity index (χ1v) is 6.75. The fourth-order valence-electron chi connectivity index (χ4n) is 1.63. The van der Waals surface area contributed by atoms with Crippen molar-refractivity contribution in [3.63, 3.8) is 0 Å². The summed E-state index contributed by atoms with van der Waals surface area (Å²) in [5, 5.41) is 11.5. The number of anilines is 1. The molecule has 2 aromatic heterocycles. The average Bonchev–Trinajstić information content (AvgIpc) is 3.09. The summed E-state index contributed by atoms with van der Waals surface area (Å²) >= 11 is 1.42. The molecule has 0 aliphatic rings. The number of carbonyl (C=O) groups is 1. The molecule has 0 fully saturated rings. The monoisotopic (exact) mass is 285 g/mol. The number of rotatable bonds is 3. The van der Waals surface area contributed by atoms with E-state index in [1.54, 1.807) is 6.20 Å². The van der Waals surface area contributed by atoms with Gasteiger partial charge in [-0.3, -0.25) is 10.1 Å². The highest BCUT2D eigenvalue weighted by Gasteiger charge is 2.13. The molecule has 3 aromatic rings. The van der Waals surface area contributed by atoms with Gasteiger partial charge in [-0.2, -0.15) is 9.90 Å². The number of benzene rings is 1. The van der Waals surface area contributed by atoms with Crippen LogP contribution in [0.4, 0.5) is 5.13 Å². The minimum Gasteiger partial charge on any atom is -0.296 e. The predicted molar refractivity (Wildman–Crippen MR) is 76.2 cm³/mol. The Balaban J connectivity index is 1.78. The van der Waals surface area contributed by atoms with Gasteiger partial charge in [-0.15, -0.1) is 16.4 Å². The summed E-state index contributed by atoms with van der Waals surface area (Å²) in [6.45, 7) is 1.93. The first kappa shape index (κ1) is 12.5. The molecule has 1 aromatic carbocycles. The Morgan fingerprint density at radius 2 is 2.05 bits per heavy atom. The lowest BCUT2D eigenvalue weighted by atomic mass is 10.3. The molecule has 2 heterocycles. The van der Waals surface area contributed by atoms with Crippen LogP contribution in [0.2, 0.25) is 0 Å². The van der Waals surface area contributed by atoms with Crippen molar-refractivity contribution >= 4 is 22.4 Å². The normalized spacial score (nSPS) is 10.4. The number of para-hydroxylation sites is 1. The number of nitrogens with zero attached hydrogens (tertiary/aromatic N) is 4. The van der Waals surface area contributed by atoms with Gasteiger partial charge >= 0.3 is 0 Å². The van der Waals surface area contributed by atoms with Crippen molar-refractivity contribution in [1.82, 2.24) is 20.0 Å². The fraction of sp³-hybridized carbons (Fsp3) is 0.0769. The first-order valence-electron chi connectivity index (χ1n) is 5.94. The molecule has 20 heavy (non-hydrogen) atoms. The summed E-state index contributed by atoms with van der Waals surface area (Å²) in [5.74, 6) is -0.318. The second kappa shape index (κ2) is 5.22. The Morgan fingerprint density at radius 3 is 2.75 bits per heavy atom. The molecular formula is C13H11N5OS. The topological polar surface area (TPSA) is 72.7 Å². The third-order valence-electron chi connectivity index (χ3n) is 2.55. The number of thiazole rings is 1. The van der Waals surface area contributed by atoms with Crippen LogP contribution in [-0.2, 0) is 0 Å². The number of hydrogen-bond donors (Lipinski definition) is 1. The number of carbonyl (C=O) groups excluding carboxylic acids is 1. The fourth-order valence-corrected chi connectivity index (χ4v) is 2.29. The molecule has 6 nitrogen and oxygen atoms in total. The van der Waals surface area contributed by atoms with E-state index in [1.165, 1.54) is 22.3 Å². The minimum absolute atomic E-state index is 0.252. The Morgan fingerprint density at radius 1 is 1.25 bits per heavy atom. The number of amides is 1. The van der Waals surface area contributed by atoms with Crippen LogP contribution in [-0.4, -0.2) is 25.9 Å². The van der Waals surface area contributed by atoms with Crippen molar-refractivity contribution in [3.05, 3.63) is 53.3 Å². The maximum Gasteiger partial charge on any atom is 0.279 e. The van der Waals surface area contributed by atoms with Gasteiger partial charge in [-0.05, 0) is 19.1 Å². The minimum atomic E-state index is -0.318. The number of aromatic nitrogens is 4. The van der Waals surface area contributed by atoms with Crippen LogP contribution < -0.4 is 5.32 Å². The number of aryl methyl sites for hydroxylation is 1. The highest BCUT2D eigenvalue weighted by atomic mass is 32.1. The van der Waals surface area contributed by atoms with E-state index in [1.807, 2.05) is 37.3 Å². The summed E-state index contributed by atoms with van der Waals surface area (Å²) < 4.78 is 0. The van der Waals surface area contributed by atoms with Gasteiger partial charge in [0.1, 0.15) is 0 Å². The van der Waals surface area contributed by atoms with Crippen LogP contribution in [0.5, 0.6) is 0 Å². The van der Waals surface area contributed by atoms with E-state index in [0.717, 1.165) is 10.6 Å². The zero-order valence-corrected chi connectivity index (χ0v) is 11.5. The Kier molecular flexibility index (Phi) is 3.26. The molecular weight excluding hydrogens is 274 g/mol. The Bertz CT molecular complexity index is 734. The van der Waals surface area contributed by atoms with Crippen molar-refractivity contribution in [1.29, 1.82) is 0 Å². The van der Waals surface area contributed by atoms with E-state index in [9.17, 15) is 4.79 Å². The third-order valence-corrected chi connectivity index (χ3v) is 3.38. The van der Waals surface area contributed by atoms with E-state index >= 15 is 0 Å². The molecule has 1 N–H and O–H groups in total. The Labute approximate surface area is 119 Å². The third kappa shape index (κ3) is 2.57. The van der Waals surface area contributed by atoms with Crippen molar-refractivity contribution < 1.29 is 4.79 Å². The maximum absolute atomic E-state index is 12.0. The molecule has 0 saturated carbocycles. The molecule has 100 valence electrons. The second-order valence-electron chi connectivity index (χ2n) is 4.08. The second-order valence-corrected chi connectivity index (χ2v) is 5.32. The first-order chi connectivity index (χ1) is 9.72. The molecule has 1 amide bonds. The van der Waals surface area contributed by atoms with Crippen molar-refractivity contribution in [3.8, 4) is 5.69 Å². The molecule has 0 saturated heterocycles. The van der Waals surface area contributed by atoms with Crippen LogP contribution in [0, 0.1) is 6.92 Å². The molecule has 7 heteroatoms. The van der Waals surface area contributed by atoms with Gasteiger partial charge < -0.3 is 0 Å². The van der Waals surface area contributed by atoms with Crippen LogP contribution in [0.3, 0.4) is 0 Å². The van der Waals surface area contributed by atoms with E-state index in [4.69, 9.17) is 0 Å². The van der Waals surface area contributed by atoms with Gasteiger partial charge in [0, 0.05) is 11.1 Å². The smallest absolute Gasteiger partial charge is 0.279 e. The van der Waals surface area contributed by atoms with Crippen molar-refractivity contribution in [2.45, 2.75) is 6.92 Å². The van der Waals surface area contributed by atoms with E-state index in [0.29, 0.717) is 5.13 Å². The van der Waals surface area contributed by atoms with Crippen LogP contribution in [0.1, 0.15) is 15.4 Å². The molecule has 0 bridgehead atoms. The number of nitrogens with one attached hydrogen (secondary N) is 1. The molecule has 0 aliphatic carbocycles. The van der Waals surface area contributed by atoms with Crippen LogP contribution >= 0.6 is 11.3 Å². The van der Waals surface area contributed by atoms with Crippen LogP contribution in [0.25, 0.3) is 5.69 Å². The molecule has 0 atom stereocenters. The van der Waals surface area contributed by atoms with Gasteiger partial charge in [0.25, 0.3) is 5.91 Å². The maximum atomic E-state index is 12.0. The SMILES string of the molecule is Cc1cnc(NC(=O)c2cnn(-c3ccccc3)n2)s1. The van der Waals surface area contributed by atoms with Gasteiger partial charge in [0.2, 0.25) is 0 Å². The molecule has 3 rings (SSSR count). The zero-order valence-electron chi connectivity index (χ0n) is 10.6. The van der Waals surface area contributed by atoms with E-state index in [2.05, 4.69) is 20.5 Å². The van der Waals surface area contributed by atoms with Crippen molar-refractivity contribution in [2.24, 2.45) is 0 Å². The zero-order chi connectivity index (χ0) is 13.9. The van der Waals surface area contributed by atoms with Gasteiger partial charge in [0.05, 0.1) is 11.9 Å². The highest BCUT2D eigenvalue weighted by molar-refractivity contribution is 7.15. The van der Waals surface area contributed by atoms with Crippen LogP contribution in [0.15, 0.2) is 42.7 Å². The lowest BCUT2D eigenvalue weighted by molar-refractivity contribution is 0.102. The lowest BCUT2D eigenvalue weighted by Gasteiger charge is -1.98. The highest BCUT2D eigenvalue weighted by Crippen LogP contribution is 2.17. The number of hydrogen-bond acceptors (Lipinski definition) is 5. The van der Waals surface area contributed by atoms with Gasteiger partial charge in [-0.1, -0.05) is 18.2 Å². The van der Waals surface area contributed by atoms with Gasteiger partial charge in [0.15, 0.2) is 10.8 Å². The summed E-state index contributed by atoms with van der Waals surface area (Å²) in [7, 11) is 0. The van der Waals surface area contributed by atoms with Crippen molar-refractivity contribution in [2.75, 3.05) is 5.32 Å². The Hall–Kier alpha value is -2.54. The molecule has 0 unspecified atom stereocenters. The quantitative estimate of drug-likeness (QED) is 0.801. The summed E-state index contributed by atoms with van der Waals surface area (Å²) in [4.78, 5) is 18.5. The van der Waals surface area contributed by atoms with Gasteiger partial charge in [-0.25, -0.2) is 4.98 Å². The summed E-state index contributed by atoms with van der Waals surface area (Å²) in [5.41, 5.74) is 1.05. The van der Waals surface area contributed by atoms with E-state index < -0.39 is 0 Å². The van der Waals surface area contributed by atoms with E-state index in [-0.39, 0.29) is 11.6 Å². The summed E-state index contributed by atoms with van der Waals surface area (Å²) in [6, 6.07) is 9.41. The predicted octanol–water partition coefficient (Wildman–Crippen LogP) is 2.28. The molecule has 0 radical (unpaired) electrons. The average molecular weight is 285 g/mol. The molecule has 0 spiro atoms. The molecule has 0 aliphatic heterocycles. The lowest BCUT2D eigenvalue weighted by Crippen LogP contribution is -2.12. The standard InChI is InChI=1S/C13H11N5OS/c1-9-7-14-13(20-9)16-12(19)11-8-15-18(17-11)10-5-3-2-4-6-10/h2-8H,1H3,(H,14,16,19). The summed E-state index contributed by atoms with van der Waals surface area (Å²) in [6.07, 6.45) is 3.14.